The lowest BCUT2D eigenvalue weighted by Gasteiger charge is -2.49. The van der Waals surface area contributed by atoms with Crippen molar-refractivity contribution in [2.75, 3.05) is 0 Å². The van der Waals surface area contributed by atoms with Crippen LogP contribution in [0.15, 0.2) is 182 Å². The fourth-order valence-corrected chi connectivity index (χ4v) is 13.6. The molecule has 5 heteroatoms. The molecule has 3 heterocycles. The van der Waals surface area contributed by atoms with Crippen molar-refractivity contribution in [2.45, 2.75) is 162 Å². The van der Waals surface area contributed by atoms with Gasteiger partial charge < -0.3 is 4.74 Å². The second-order valence-corrected chi connectivity index (χ2v) is 28.4. The molecule has 0 aliphatic heterocycles. The summed E-state index contributed by atoms with van der Waals surface area (Å²) < 4.78 is 122. The number of para-hydroxylation sites is 4. The third-order valence-electron chi connectivity index (χ3n) is 18.6. The summed E-state index contributed by atoms with van der Waals surface area (Å²) in [6.07, 6.45) is 7.43. The standard InChI is InChI=1S/C79H83N4O/c1-50-41-69(80-48-62(50)70-71-63(76(8,9)37-39-78(71,12)13)47-64-72(70)79(14,15)40-38-77(64,10)11)83-65-32-20-19-29-60(65)61-36-35-57(46-68(61)83)84-56-28-23-27-55(45-56)81-49-82(67-34-22-21-33-66(67)81)73-58(51-25-17-16-18-26-51)30-24-31-59(73)52-42-53(74(2,3)4)44-54(43-52)75(5,6)7/h16-36,41-49H,37-40H2,1-15H3/q+1/i1D3,16D,17D,18D,19D,20D,25D,26D,29D,32D. The summed E-state index contributed by atoms with van der Waals surface area (Å²) in [5, 5.41) is 0.746. The van der Waals surface area contributed by atoms with Crippen LogP contribution < -0.4 is 9.30 Å². The molecular formula is C79H83N4O+. The van der Waals surface area contributed by atoms with Crippen LogP contribution in [0.3, 0.4) is 0 Å². The Bertz CT molecular complexity index is 4990. The van der Waals surface area contributed by atoms with Crippen molar-refractivity contribution in [3.8, 4) is 62.1 Å². The van der Waals surface area contributed by atoms with E-state index in [1.807, 2.05) is 82.2 Å². The normalized spacial score (nSPS) is 18.4. The van der Waals surface area contributed by atoms with Crippen molar-refractivity contribution in [1.82, 2.24) is 14.1 Å². The van der Waals surface area contributed by atoms with Gasteiger partial charge in [-0.1, -0.05) is 206 Å². The van der Waals surface area contributed by atoms with Crippen molar-refractivity contribution in [2.24, 2.45) is 0 Å². The van der Waals surface area contributed by atoms with Crippen molar-refractivity contribution in [1.29, 1.82) is 0 Å². The quantitative estimate of drug-likeness (QED) is 0.142. The highest BCUT2D eigenvalue weighted by Crippen LogP contribution is 2.58. The van der Waals surface area contributed by atoms with Gasteiger partial charge in [0, 0.05) is 49.9 Å². The number of benzene rings is 8. The van der Waals surface area contributed by atoms with Crippen LogP contribution in [0.25, 0.3) is 83.4 Å². The van der Waals surface area contributed by atoms with E-state index in [1.54, 1.807) is 35.0 Å². The molecule has 0 N–H and O–H groups in total. The Balaban J connectivity index is 0.989. The van der Waals surface area contributed by atoms with E-state index in [0.717, 1.165) is 75.7 Å². The van der Waals surface area contributed by atoms with Crippen molar-refractivity contribution >= 4 is 32.8 Å². The molecule has 2 aliphatic rings. The summed E-state index contributed by atoms with van der Waals surface area (Å²) in [4.78, 5) is 5.23. The summed E-state index contributed by atoms with van der Waals surface area (Å²) in [5.41, 5.74) is 12.8. The first-order chi connectivity index (χ1) is 44.7. The zero-order valence-electron chi connectivity index (χ0n) is 63.1. The minimum Gasteiger partial charge on any atom is -0.457 e. The molecule has 13 rings (SSSR count). The Morgan fingerprint density at radius 1 is 0.536 bits per heavy atom. The number of aromatic nitrogens is 4. The minimum atomic E-state index is -2.66. The van der Waals surface area contributed by atoms with Crippen LogP contribution in [0.1, 0.15) is 178 Å². The Morgan fingerprint density at radius 3 is 1.81 bits per heavy atom. The Labute approximate surface area is 515 Å². The summed E-state index contributed by atoms with van der Waals surface area (Å²) in [7, 11) is 0. The Morgan fingerprint density at radius 2 is 1.14 bits per heavy atom. The maximum absolute atomic E-state index is 9.52. The summed E-state index contributed by atoms with van der Waals surface area (Å²) in [5.74, 6) is 0.976. The maximum atomic E-state index is 9.52. The molecule has 0 radical (unpaired) electrons. The van der Waals surface area contributed by atoms with Crippen LogP contribution in [-0.2, 0) is 32.5 Å². The molecule has 0 saturated heterocycles. The molecule has 0 bridgehead atoms. The average molecular weight is 1120 g/mol. The van der Waals surface area contributed by atoms with Crippen LogP contribution in [0.2, 0.25) is 0 Å². The second kappa shape index (κ2) is 19.5. The third-order valence-corrected chi connectivity index (χ3v) is 18.6. The molecule has 3 aromatic heterocycles. The van der Waals surface area contributed by atoms with Gasteiger partial charge in [0.05, 0.1) is 23.4 Å². The number of nitrogens with zero attached hydrogens (tertiary/aromatic N) is 4. The second-order valence-electron chi connectivity index (χ2n) is 28.4. The fraction of sp³-hybridized carbons (Fsp3) is 0.316. The summed E-state index contributed by atoms with van der Waals surface area (Å²) in [6, 6.07) is 33.9. The van der Waals surface area contributed by atoms with Gasteiger partial charge in [-0.2, -0.15) is 9.13 Å². The number of hydrogen-bond donors (Lipinski definition) is 0. The Kier molecular flexibility index (Phi) is 9.93. The molecule has 424 valence electrons. The predicted molar refractivity (Wildman–Crippen MR) is 352 cm³/mol. The number of imidazole rings is 1. The maximum Gasteiger partial charge on any atom is 0.255 e. The third kappa shape index (κ3) is 9.29. The zero-order valence-corrected chi connectivity index (χ0v) is 51.1. The molecule has 84 heavy (non-hydrogen) atoms. The molecular weight excluding hydrogens is 1020 g/mol. The number of aryl methyl sites for hydroxylation is 1. The molecule has 0 saturated carbocycles. The van der Waals surface area contributed by atoms with Crippen molar-refractivity contribution < 1.29 is 25.8 Å². The number of hydrogen-bond acceptors (Lipinski definition) is 2. The first-order valence-electron chi connectivity index (χ1n) is 35.7. The van der Waals surface area contributed by atoms with E-state index in [4.69, 9.17) is 16.6 Å². The van der Waals surface area contributed by atoms with E-state index < -0.39 is 37.1 Å². The Hall–Kier alpha value is -8.02. The molecule has 8 aromatic carbocycles. The van der Waals surface area contributed by atoms with E-state index in [1.165, 1.54) is 11.1 Å². The SMILES string of the molecule is [2H]c1c([2H])c([2H])c(-c2cccc(-c3cc(C(C)(C)C)cc(C(C)(C)C)c3)c2-[n+]2cn(-c3cccc(Oc4ccc5c6c([2H])c([2H])c([2H])c([2H])c6n(-c6cc(C([2H])([2H])[2H])c(-c7c8c(cc9c7C(C)(C)CCC9(C)C)C(C)(C)CCC8(C)C)cn6)c5c4)c3)c3ccccc32)c([2H])c1[2H]. The van der Waals surface area contributed by atoms with Crippen LogP contribution in [0.4, 0.5) is 0 Å². The van der Waals surface area contributed by atoms with Crippen LogP contribution >= 0.6 is 0 Å². The number of rotatable bonds is 8. The molecule has 0 amide bonds. The van der Waals surface area contributed by atoms with E-state index in [-0.39, 0.29) is 84.5 Å². The van der Waals surface area contributed by atoms with Crippen molar-refractivity contribution in [3.63, 3.8) is 0 Å². The topological polar surface area (TPSA) is 35.9 Å². The lowest BCUT2D eigenvalue weighted by atomic mass is 9.55. The van der Waals surface area contributed by atoms with Crippen molar-refractivity contribution in [3.05, 3.63) is 221 Å². The number of pyridine rings is 1. The smallest absolute Gasteiger partial charge is 0.255 e. The van der Waals surface area contributed by atoms with E-state index in [2.05, 4.69) is 121 Å². The monoisotopic (exact) mass is 1120 g/mol. The van der Waals surface area contributed by atoms with Gasteiger partial charge in [-0.3, -0.25) is 4.57 Å². The van der Waals surface area contributed by atoms with E-state index in [0.29, 0.717) is 44.9 Å². The molecule has 0 spiro atoms. The summed E-state index contributed by atoms with van der Waals surface area (Å²) in [6.45, 7) is 28.8. The molecule has 0 fully saturated rings. The van der Waals surface area contributed by atoms with Gasteiger partial charge in [0.2, 0.25) is 0 Å². The van der Waals surface area contributed by atoms with Crippen LogP contribution in [0.5, 0.6) is 11.5 Å². The molecule has 5 nitrogen and oxygen atoms in total. The van der Waals surface area contributed by atoms with Crippen LogP contribution in [0, 0.1) is 6.85 Å². The molecule has 11 aromatic rings. The van der Waals surface area contributed by atoms with Gasteiger partial charge in [0.15, 0.2) is 11.0 Å². The lowest BCUT2D eigenvalue weighted by Crippen LogP contribution is -2.40. The minimum absolute atomic E-state index is 0.0746. The zero-order chi connectivity index (χ0) is 69.4. The van der Waals surface area contributed by atoms with Crippen LogP contribution in [-0.4, -0.2) is 14.1 Å². The number of ether oxygens (including phenoxy) is 1. The first-order valence-corrected chi connectivity index (χ1v) is 29.7. The molecule has 0 atom stereocenters. The average Bonchev–Trinajstić information content (AvgIpc) is 1.29. The largest absolute Gasteiger partial charge is 0.457 e. The highest BCUT2D eigenvalue weighted by atomic mass is 16.5. The molecule has 2 aliphatic carbocycles. The number of fused-ring (bicyclic) bond motifs is 6. The van der Waals surface area contributed by atoms with Gasteiger partial charge in [-0.05, 0) is 169 Å². The predicted octanol–water partition coefficient (Wildman–Crippen LogP) is 20.8. The highest BCUT2D eigenvalue weighted by Gasteiger charge is 2.46. The summed E-state index contributed by atoms with van der Waals surface area (Å²) >= 11 is 0. The van der Waals surface area contributed by atoms with E-state index >= 15 is 0 Å². The van der Waals surface area contributed by atoms with Gasteiger partial charge in [-0.25, -0.2) is 4.98 Å². The first kappa shape index (κ1) is 42.7. The fourth-order valence-electron chi connectivity index (χ4n) is 13.6. The molecule has 0 unspecified atom stereocenters. The lowest BCUT2D eigenvalue weighted by molar-refractivity contribution is -0.566. The highest BCUT2D eigenvalue weighted by molar-refractivity contribution is 6.09. The van der Waals surface area contributed by atoms with E-state index in [9.17, 15) is 9.60 Å². The van der Waals surface area contributed by atoms with Gasteiger partial charge in [0.1, 0.15) is 28.7 Å². The van der Waals surface area contributed by atoms with Gasteiger partial charge in [0.25, 0.3) is 6.33 Å². The van der Waals surface area contributed by atoms with Gasteiger partial charge in [-0.15, -0.1) is 0 Å². The van der Waals surface area contributed by atoms with Gasteiger partial charge >= 0.3 is 0 Å².